The summed E-state index contributed by atoms with van der Waals surface area (Å²) in [7, 11) is 0. The number of nitrogens with zero attached hydrogens (tertiary/aromatic N) is 3. The minimum Gasteiger partial charge on any atom is -0.481 e. The van der Waals surface area contributed by atoms with Crippen molar-refractivity contribution in [3.8, 4) is 0 Å². The predicted octanol–water partition coefficient (Wildman–Crippen LogP) is 0.432. The Bertz CT molecular complexity index is 551. The van der Waals surface area contributed by atoms with Crippen molar-refractivity contribution in [1.29, 1.82) is 0 Å². The lowest BCUT2D eigenvalue weighted by atomic mass is 10.2. The smallest absolute Gasteiger partial charge is 0.300 e. The van der Waals surface area contributed by atoms with Crippen molar-refractivity contribution in [2.75, 3.05) is 0 Å². The molecule has 0 unspecified atom stereocenters. The molecule has 0 amide bonds. The molecule has 0 saturated carbocycles. The second-order valence-electron chi connectivity index (χ2n) is 3.22. The molecule has 1 aromatic rings. The van der Waals surface area contributed by atoms with Gasteiger partial charge in [0.25, 0.3) is 11.7 Å². The Balaban J connectivity index is 0.000000796. The molecule has 20 heavy (non-hydrogen) atoms. The van der Waals surface area contributed by atoms with Gasteiger partial charge in [0.1, 0.15) is 11.4 Å². The molecule has 0 atom stereocenters. The summed E-state index contributed by atoms with van der Waals surface area (Å²) < 4.78 is 13.2. The first-order chi connectivity index (χ1) is 9.25. The van der Waals surface area contributed by atoms with Crippen molar-refractivity contribution in [3.63, 3.8) is 0 Å². The number of carbonyl (C=O) groups is 1. The van der Waals surface area contributed by atoms with Crippen LogP contribution in [0.5, 0.6) is 0 Å². The van der Waals surface area contributed by atoms with Gasteiger partial charge >= 0.3 is 0 Å². The predicted molar refractivity (Wildman–Crippen MR) is 69.8 cm³/mol. The number of nitro groups is 1. The number of hydrogen-bond acceptors (Lipinski definition) is 5. The maximum atomic E-state index is 13.2. The molecule has 0 saturated heterocycles. The summed E-state index contributed by atoms with van der Waals surface area (Å²) in [6.07, 6.45) is 0.882. The van der Waals surface area contributed by atoms with Gasteiger partial charge in [0.2, 0.25) is 5.96 Å². The highest BCUT2D eigenvalue weighted by atomic mass is 19.1. The number of nitro benzene ring substituents is 1. The van der Waals surface area contributed by atoms with E-state index in [1.165, 1.54) is 6.07 Å². The fourth-order valence-corrected chi connectivity index (χ4v) is 0.966. The number of rotatable bonds is 3. The highest BCUT2D eigenvalue weighted by molar-refractivity contribution is 5.86. The lowest BCUT2D eigenvalue weighted by molar-refractivity contribution is -0.385. The molecule has 9 nitrogen and oxygen atoms in total. The molecular formula is C10H12FN5O4. The van der Waals surface area contributed by atoms with Crippen molar-refractivity contribution in [1.82, 2.24) is 0 Å². The van der Waals surface area contributed by atoms with E-state index in [-0.39, 0.29) is 11.5 Å². The lowest BCUT2D eigenvalue weighted by Crippen LogP contribution is -2.21. The van der Waals surface area contributed by atoms with Crippen LogP contribution in [0.2, 0.25) is 0 Å². The van der Waals surface area contributed by atoms with E-state index >= 15 is 0 Å². The number of carboxylic acids is 1. The topological polar surface area (TPSA) is 157 Å². The lowest BCUT2D eigenvalue weighted by Gasteiger charge is -1.97. The van der Waals surface area contributed by atoms with Crippen LogP contribution < -0.4 is 11.5 Å². The van der Waals surface area contributed by atoms with Gasteiger partial charge in [0, 0.05) is 13.0 Å². The van der Waals surface area contributed by atoms with Crippen molar-refractivity contribution >= 4 is 23.8 Å². The third-order valence-electron chi connectivity index (χ3n) is 1.59. The first kappa shape index (κ1) is 17.0. The maximum Gasteiger partial charge on any atom is 0.300 e. The zero-order valence-corrected chi connectivity index (χ0v) is 10.4. The first-order valence-electron chi connectivity index (χ1n) is 5.00. The Labute approximate surface area is 112 Å². The highest BCUT2D eigenvalue weighted by Gasteiger charge is 2.15. The standard InChI is InChI=1S/C8H8FN5O2.C2H4O2/c9-6-2-1-3-7(14(15)16)5(6)4-12-13-8(10)11;1-2(3)4/h1-4H,(H4,10,11,13);1H3,(H,3,4). The SMILES string of the molecule is CC(=O)O.NC(N)=NN=Cc1c(F)cccc1[N+](=O)[O-]. The van der Waals surface area contributed by atoms with Crippen LogP contribution in [0.25, 0.3) is 0 Å². The fraction of sp³-hybridized carbons (Fsp3) is 0.100. The van der Waals surface area contributed by atoms with E-state index in [0.29, 0.717) is 0 Å². The zero-order valence-electron chi connectivity index (χ0n) is 10.4. The van der Waals surface area contributed by atoms with Crippen LogP contribution in [0, 0.1) is 15.9 Å². The quantitative estimate of drug-likeness (QED) is 0.316. The summed E-state index contributed by atoms with van der Waals surface area (Å²) in [5.74, 6) is -1.93. The zero-order chi connectivity index (χ0) is 15.7. The molecule has 0 bridgehead atoms. The van der Waals surface area contributed by atoms with E-state index in [1.807, 2.05) is 0 Å². The van der Waals surface area contributed by atoms with Gasteiger partial charge in [-0.3, -0.25) is 14.9 Å². The second kappa shape index (κ2) is 8.13. The average Bonchev–Trinajstić information content (AvgIpc) is 2.29. The highest BCUT2D eigenvalue weighted by Crippen LogP contribution is 2.19. The molecule has 10 heteroatoms. The van der Waals surface area contributed by atoms with Crippen molar-refractivity contribution in [3.05, 3.63) is 39.7 Å². The van der Waals surface area contributed by atoms with Crippen LogP contribution in [0.1, 0.15) is 12.5 Å². The molecule has 0 aromatic heterocycles. The molecule has 0 aliphatic rings. The summed E-state index contributed by atoms with van der Waals surface area (Å²) in [5.41, 5.74) is 9.27. The number of aliphatic carboxylic acids is 1. The number of halogens is 1. The molecule has 1 aromatic carbocycles. The van der Waals surface area contributed by atoms with Crippen LogP contribution in [0.15, 0.2) is 28.4 Å². The van der Waals surface area contributed by atoms with Gasteiger partial charge in [-0.05, 0) is 6.07 Å². The molecular weight excluding hydrogens is 273 g/mol. The summed E-state index contributed by atoms with van der Waals surface area (Å²) in [4.78, 5) is 18.8. The van der Waals surface area contributed by atoms with Crippen LogP contribution in [-0.4, -0.2) is 28.2 Å². The van der Waals surface area contributed by atoms with Crippen molar-refractivity contribution in [2.24, 2.45) is 21.7 Å². The Hall–Kier alpha value is -3.04. The summed E-state index contributed by atoms with van der Waals surface area (Å²) in [5, 5.41) is 24.5. The minimum absolute atomic E-state index is 0.280. The molecule has 108 valence electrons. The maximum absolute atomic E-state index is 13.2. The van der Waals surface area contributed by atoms with Crippen LogP contribution in [0.3, 0.4) is 0 Å². The van der Waals surface area contributed by atoms with E-state index in [0.717, 1.165) is 25.3 Å². The second-order valence-corrected chi connectivity index (χ2v) is 3.22. The van der Waals surface area contributed by atoms with Gasteiger partial charge in [-0.1, -0.05) is 6.07 Å². The molecule has 0 aliphatic heterocycles. The van der Waals surface area contributed by atoms with Crippen LogP contribution in [0.4, 0.5) is 10.1 Å². The van der Waals surface area contributed by atoms with E-state index in [4.69, 9.17) is 21.4 Å². The molecule has 0 aliphatic carbocycles. The van der Waals surface area contributed by atoms with Gasteiger partial charge in [0.05, 0.1) is 11.1 Å². The van der Waals surface area contributed by atoms with Crippen molar-refractivity contribution < 1.29 is 19.2 Å². The Morgan fingerprint density at radius 2 is 2.05 bits per heavy atom. The minimum atomic E-state index is -0.833. The third kappa shape index (κ3) is 6.64. The Morgan fingerprint density at radius 1 is 1.50 bits per heavy atom. The van der Waals surface area contributed by atoms with Gasteiger partial charge < -0.3 is 16.6 Å². The van der Waals surface area contributed by atoms with Gasteiger partial charge in [0.15, 0.2) is 0 Å². The fourth-order valence-electron chi connectivity index (χ4n) is 0.966. The van der Waals surface area contributed by atoms with Crippen molar-refractivity contribution in [2.45, 2.75) is 6.92 Å². The summed E-state index contributed by atoms with van der Waals surface area (Å²) in [6.45, 7) is 1.08. The number of benzene rings is 1. The van der Waals surface area contributed by atoms with Crippen LogP contribution >= 0.6 is 0 Å². The Kier molecular flexibility index (Phi) is 6.89. The summed E-state index contributed by atoms with van der Waals surface area (Å²) >= 11 is 0. The van der Waals surface area contributed by atoms with Gasteiger partial charge in [-0.2, -0.15) is 5.10 Å². The average molecular weight is 285 g/mol. The molecule has 0 fully saturated rings. The van der Waals surface area contributed by atoms with E-state index in [9.17, 15) is 14.5 Å². The van der Waals surface area contributed by atoms with E-state index in [1.54, 1.807) is 0 Å². The molecule has 1 rings (SSSR count). The van der Waals surface area contributed by atoms with Gasteiger partial charge in [-0.15, -0.1) is 5.10 Å². The Morgan fingerprint density at radius 3 is 2.50 bits per heavy atom. The first-order valence-corrected chi connectivity index (χ1v) is 5.00. The number of nitrogens with two attached hydrogens (primary N) is 2. The number of guanidine groups is 1. The third-order valence-corrected chi connectivity index (χ3v) is 1.59. The normalized spacial score (nSPS) is 9.50. The number of hydrogen-bond donors (Lipinski definition) is 3. The molecule has 0 heterocycles. The monoisotopic (exact) mass is 285 g/mol. The van der Waals surface area contributed by atoms with E-state index in [2.05, 4.69) is 10.2 Å². The van der Waals surface area contributed by atoms with Crippen LogP contribution in [-0.2, 0) is 4.79 Å². The van der Waals surface area contributed by atoms with Gasteiger partial charge in [-0.25, -0.2) is 4.39 Å². The molecule has 0 spiro atoms. The largest absolute Gasteiger partial charge is 0.481 e. The molecule has 0 radical (unpaired) electrons. The number of carboxylic acid groups (broad SMARTS) is 1. The van der Waals surface area contributed by atoms with E-state index < -0.39 is 22.4 Å². The summed E-state index contributed by atoms with van der Waals surface area (Å²) in [6, 6.07) is 3.45. The molecule has 5 N–H and O–H groups in total.